The van der Waals surface area contributed by atoms with Gasteiger partial charge in [-0.2, -0.15) is 0 Å². The highest BCUT2D eigenvalue weighted by Crippen LogP contribution is 2.32. The monoisotopic (exact) mass is 276 g/mol. The first-order valence-corrected chi connectivity index (χ1v) is 7.32. The van der Waals surface area contributed by atoms with E-state index in [0.717, 1.165) is 38.9 Å². The second-order valence-electron chi connectivity index (χ2n) is 5.93. The van der Waals surface area contributed by atoms with Gasteiger partial charge < -0.3 is 10.8 Å². The van der Waals surface area contributed by atoms with Crippen molar-refractivity contribution in [2.45, 2.75) is 32.2 Å². The van der Waals surface area contributed by atoms with Crippen LogP contribution in [0.4, 0.5) is 0 Å². The number of aliphatic carboxylic acids is 1. The molecule has 1 aliphatic rings. The van der Waals surface area contributed by atoms with E-state index in [1.165, 1.54) is 5.56 Å². The van der Waals surface area contributed by atoms with E-state index < -0.39 is 5.97 Å². The number of carbonyl (C=O) groups is 1. The fourth-order valence-corrected chi connectivity index (χ4v) is 3.15. The summed E-state index contributed by atoms with van der Waals surface area (Å²) in [7, 11) is 0. The lowest BCUT2D eigenvalue weighted by atomic mass is 9.80. The molecule has 3 N–H and O–H groups in total. The Morgan fingerprint density at radius 2 is 2.05 bits per heavy atom. The summed E-state index contributed by atoms with van der Waals surface area (Å²) in [5, 5.41) is 9.16. The van der Waals surface area contributed by atoms with E-state index in [1.54, 1.807) is 0 Å². The molecule has 0 radical (unpaired) electrons. The smallest absolute Gasteiger partial charge is 0.304 e. The molecule has 4 nitrogen and oxygen atoms in total. The molecule has 1 saturated heterocycles. The topological polar surface area (TPSA) is 66.6 Å². The van der Waals surface area contributed by atoms with Crippen molar-refractivity contribution < 1.29 is 9.90 Å². The van der Waals surface area contributed by atoms with Crippen LogP contribution in [0.2, 0.25) is 0 Å². The maximum atomic E-state index is 11.1. The van der Waals surface area contributed by atoms with Crippen LogP contribution < -0.4 is 5.73 Å². The van der Waals surface area contributed by atoms with Crippen molar-refractivity contribution >= 4 is 5.97 Å². The van der Waals surface area contributed by atoms with E-state index >= 15 is 0 Å². The van der Waals surface area contributed by atoms with Crippen LogP contribution in [0.25, 0.3) is 0 Å². The summed E-state index contributed by atoms with van der Waals surface area (Å²) in [6.07, 6.45) is 3.28. The van der Waals surface area contributed by atoms with Gasteiger partial charge in [-0.15, -0.1) is 0 Å². The van der Waals surface area contributed by atoms with Gasteiger partial charge in [0.1, 0.15) is 0 Å². The normalized spacial score (nSPS) is 24.2. The molecule has 0 aliphatic carbocycles. The molecular weight excluding hydrogens is 252 g/mol. The van der Waals surface area contributed by atoms with Crippen LogP contribution in [-0.2, 0) is 11.3 Å². The molecule has 0 saturated carbocycles. The van der Waals surface area contributed by atoms with Crippen molar-refractivity contribution in [2.75, 3.05) is 19.6 Å². The average molecular weight is 276 g/mol. The third-order valence-electron chi connectivity index (χ3n) is 4.20. The standard InChI is InChI=1S/C16H24N2O2/c17-12-16(10-15(19)20)8-4-5-9-18(13-16)11-14-6-2-1-3-7-14/h1-3,6-7H,4-5,8-13,17H2,(H,19,20). The van der Waals surface area contributed by atoms with E-state index in [2.05, 4.69) is 17.0 Å². The van der Waals surface area contributed by atoms with Crippen LogP contribution in [0.3, 0.4) is 0 Å². The van der Waals surface area contributed by atoms with Crippen LogP contribution >= 0.6 is 0 Å². The Bertz CT molecular complexity index is 435. The molecule has 1 fully saturated rings. The molecule has 0 aromatic heterocycles. The number of nitrogens with two attached hydrogens (primary N) is 1. The van der Waals surface area contributed by atoms with E-state index in [-0.39, 0.29) is 11.8 Å². The molecule has 110 valence electrons. The number of hydrogen-bond acceptors (Lipinski definition) is 3. The van der Waals surface area contributed by atoms with Gasteiger partial charge in [-0.05, 0) is 31.5 Å². The minimum atomic E-state index is -0.739. The van der Waals surface area contributed by atoms with E-state index in [0.29, 0.717) is 6.54 Å². The SMILES string of the molecule is NCC1(CC(=O)O)CCCCN(Cc2ccccc2)C1. The molecule has 1 unspecified atom stereocenters. The highest BCUT2D eigenvalue weighted by Gasteiger charge is 2.34. The minimum absolute atomic E-state index is 0.175. The van der Waals surface area contributed by atoms with E-state index in [1.807, 2.05) is 18.2 Å². The number of carboxylic acids is 1. The predicted molar refractivity (Wildman–Crippen MR) is 79.3 cm³/mol. The summed E-state index contributed by atoms with van der Waals surface area (Å²) in [6, 6.07) is 10.3. The highest BCUT2D eigenvalue weighted by atomic mass is 16.4. The Morgan fingerprint density at radius 3 is 2.70 bits per heavy atom. The molecule has 2 rings (SSSR count). The van der Waals surface area contributed by atoms with Gasteiger partial charge in [0.25, 0.3) is 0 Å². The summed E-state index contributed by atoms with van der Waals surface area (Å²) >= 11 is 0. The van der Waals surface area contributed by atoms with Crippen LogP contribution in [0, 0.1) is 5.41 Å². The molecule has 0 spiro atoms. The fourth-order valence-electron chi connectivity index (χ4n) is 3.15. The van der Waals surface area contributed by atoms with Crippen molar-refractivity contribution in [1.82, 2.24) is 4.90 Å². The number of likely N-dealkylation sites (tertiary alicyclic amines) is 1. The summed E-state index contributed by atoms with van der Waals surface area (Å²) in [5.74, 6) is -0.739. The van der Waals surface area contributed by atoms with Crippen molar-refractivity contribution in [1.29, 1.82) is 0 Å². The summed E-state index contributed by atoms with van der Waals surface area (Å²) in [4.78, 5) is 13.5. The first kappa shape index (κ1) is 15.0. The van der Waals surface area contributed by atoms with Gasteiger partial charge in [0.15, 0.2) is 0 Å². The van der Waals surface area contributed by atoms with Gasteiger partial charge in [-0.25, -0.2) is 0 Å². The maximum absolute atomic E-state index is 11.1. The van der Waals surface area contributed by atoms with Crippen molar-refractivity contribution in [3.63, 3.8) is 0 Å². The Morgan fingerprint density at radius 1 is 1.30 bits per heavy atom. The first-order valence-electron chi connectivity index (χ1n) is 7.32. The van der Waals surface area contributed by atoms with Crippen LogP contribution in [0.5, 0.6) is 0 Å². The second kappa shape index (κ2) is 6.86. The van der Waals surface area contributed by atoms with Crippen molar-refractivity contribution in [2.24, 2.45) is 11.1 Å². The largest absolute Gasteiger partial charge is 0.481 e. The quantitative estimate of drug-likeness (QED) is 0.864. The number of hydrogen-bond donors (Lipinski definition) is 2. The van der Waals surface area contributed by atoms with Gasteiger partial charge in [-0.1, -0.05) is 36.8 Å². The van der Waals surface area contributed by atoms with E-state index in [9.17, 15) is 4.79 Å². The lowest BCUT2D eigenvalue weighted by molar-refractivity contribution is -0.140. The summed E-state index contributed by atoms with van der Waals surface area (Å²) < 4.78 is 0. The lowest BCUT2D eigenvalue weighted by Crippen LogP contribution is -2.42. The third-order valence-corrected chi connectivity index (χ3v) is 4.20. The Balaban J connectivity index is 2.07. The van der Waals surface area contributed by atoms with Gasteiger partial charge in [-0.3, -0.25) is 9.69 Å². The highest BCUT2D eigenvalue weighted by molar-refractivity contribution is 5.67. The van der Waals surface area contributed by atoms with Gasteiger partial charge >= 0.3 is 5.97 Å². The molecule has 0 bridgehead atoms. The van der Waals surface area contributed by atoms with Crippen molar-refractivity contribution in [3.05, 3.63) is 35.9 Å². The lowest BCUT2D eigenvalue weighted by Gasteiger charge is -2.34. The number of rotatable bonds is 5. The molecule has 1 aromatic rings. The van der Waals surface area contributed by atoms with E-state index in [4.69, 9.17) is 10.8 Å². The van der Waals surface area contributed by atoms with Crippen LogP contribution in [0.15, 0.2) is 30.3 Å². The summed E-state index contributed by atoms with van der Waals surface area (Å²) in [5.41, 5.74) is 6.93. The fraction of sp³-hybridized carbons (Fsp3) is 0.562. The number of nitrogens with zero attached hydrogens (tertiary/aromatic N) is 1. The Hall–Kier alpha value is -1.39. The zero-order valence-corrected chi connectivity index (χ0v) is 11.9. The van der Waals surface area contributed by atoms with Gasteiger partial charge in [0.2, 0.25) is 0 Å². The zero-order chi connectivity index (χ0) is 14.4. The molecule has 1 atom stereocenters. The summed E-state index contributed by atoms with van der Waals surface area (Å²) in [6.45, 7) is 3.13. The average Bonchev–Trinajstić information content (AvgIpc) is 2.62. The van der Waals surface area contributed by atoms with Gasteiger partial charge in [0, 0.05) is 18.5 Å². The minimum Gasteiger partial charge on any atom is -0.481 e. The Labute approximate surface area is 120 Å². The zero-order valence-electron chi connectivity index (χ0n) is 11.9. The molecule has 20 heavy (non-hydrogen) atoms. The van der Waals surface area contributed by atoms with Crippen LogP contribution in [-0.4, -0.2) is 35.6 Å². The van der Waals surface area contributed by atoms with Crippen LogP contribution in [0.1, 0.15) is 31.2 Å². The number of benzene rings is 1. The molecule has 1 aliphatic heterocycles. The molecular formula is C16H24N2O2. The Kier molecular flexibility index (Phi) is 5.15. The van der Waals surface area contributed by atoms with Gasteiger partial charge in [0.05, 0.1) is 6.42 Å². The predicted octanol–water partition coefficient (Wildman–Crippen LogP) is 2.09. The maximum Gasteiger partial charge on any atom is 0.304 e. The van der Waals surface area contributed by atoms with Crippen molar-refractivity contribution in [3.8, 4) is 0 Å². The molecule has 1 aromatic carbocycles. The second-order valence-corrected chi connectivity index (χ2v) is 5.93. The molecule has 4 heteroatoms. The third kappa shape index (κ3) is 4.05. The first-order chi connectivity index (χ1) is 9.63. The number of carboxylic acid groups (broad SMARTS) is 1. The molecule has 0 amide bonds. The molecule has 1 heterocycles.